The first-order chi connectivity index (χ1) is 15.1. The average Bonchev–Trinajstić information content (AvgIpc) is 3.24. The lowest BCUT2D eigenvalue weighted by atomic mass is 9.86. The van der Waals surface area contributed by atoms with E-state index in [0.29, 0.717) is 29.0 Å². The number of nitrogens with zero attached hydrogens (tertiary/aromatic N) is 4. The molecule has 2 aliphatic rings. The molecular weight excluding hydrogens is 464 g/mol. The molecule has 0 spiro atoms. The third-order valence-electron chi connectivity index (χ3n) is 5.72. The topological polar surface area (TPSA) is 209 Å². The quantitative estimate of drug-likeness (QED) is 0.297. The highest BCUT2D eigenvalue weighted by Crippen LogP contribution is 2.39. The number of rotatable bonds is 7. The number of anilines is 1. The summed E-state index contributed by atoms with van der Waals surface area (Å²) >= 11 is 1.30. The second-order valence-electron chi connectivity index (χ2n) is 8.10. The molecule has 13 nitrogen and oxygen atoms in total. The first kappa shape index (κ1) is 23.6. The molecule has 0 radical (unpaired) electrons. The predicted octanol–water partition coefficient (Wildman–Crippen LogP) is -0.965. The highest BCUT2D eigenvalue weighted by molar-refractivity contribution is 7.99. The van der Waals surface area contributed by atoms with Gasteiger partial charge in [-0.15, -0.1) is 11.8 Å². The predicted molar refractivity (Wildman–Crippen MR) is 113 cm³/mol. The summed E-state index contributed by atoms with van der Waals surface area (Å²) in [6.45, 7) is -0.585. The lowest BCUT2D eigenvalue weighted by Gasteiger charge is -2.31. The summed E-state index contributed by atoms with van der Waals surface area (Å²) in [6, 6.07) is 0. The van der Waals surface area contributed by atoms with Crippen molar-refractivity contribution in [1.29, 1.82) is 0 Å². The highest BCUT2D eigenvalue weighted by atomic mass is 32.2. The van der Waals surface area contributed by atoms with Crippen LogP contribution < -0.4 is 10.9 Å². The summed E-state index contributed by atoms with van der Waals surface area (Å²) in [6.07, 6.45) is 0.370. The van der Waals surface area contributed by atoms with Gasteiger partial charge in [0.05, 0.1) is 17.6 Å². The molecule has 3 heterocycles. The molecule has 2 aromatic heterocycles. The van der Waals surface area contributed by atoms with Crippen LogP contribution in [0.3, 0.4) is 0 Å². The van der Waals surface area contributed by atoms with Crippen LogP contribution in [0.4, 0.5) is 5.82 Å². The first-order valence-electron chi connectivity index (χ1n) is 10.1. The van der Waals surface area contributed by atoms with E-state index < -0.39 is 47.1 Å². The normalized spacial score (nSPS) is 28.4. The van der Waals surface area contributed by atoms with Crippen molar-refractivity contribution in [2.45, 2.75) is 67.3 Å². The Bertz CT molecular complexity index is 1070. The van der Waals surface area contributed by atoms with Gasteiger partial charge in [-0.3, -0.25) is 4.18 Å². The number of nitrogens with two attached hydrogens (primary N) is 2. The van der Waals surface area contributed by atoms with Gasteiger partial charge < -0.3 is 25.8 Å². The van der Waals surface area contributed by atoms with Crippen molar-refractivity contribution in [3.8, 4) is 0 Å². The zero-order valence-electron chi connectivity index (χ0n) is 17.1. The van der Waals surface area contributed by atoms with Crippen molar-refractivity contribution in [2.24, 2.45) is 5.14 Å². The fraction of sp³-hybridized carbons (Fsp3) is 0.706. The smallest absolute Gasteiger partial charge is 0.333 e. The molecule has 1 saturated carbocycles. The molecule has 0 aromatic carbocycles. The SMILES string of the molecule is Nc1ncnc2c1c(SCC1(O)CCCCC1)nn2[C@@H]1O[C@H](COS(N)(=O)=O)[C@H](O)[C@H]1O. The van der Waals surface area contributed by atoms with E-state index in [4.69, 9.17) is 15.6 Å². The number of aromatic nitrogens is 4. The summed E-state index contributed by atoms with van der Waals surface area (Å²) in [4.78, 5) is 8.21. The molecular formula is C17H26N6O7S2. The van der Waals surface area contributed by atoms with Gasteiger partial charge in [-0.1, -0.05) is 19.3 Å². The molecule has 0 amide bonds. The molecule has 178 valence electrons. The van der Waals surface area contributed by atoms with Gasteiger partial charge in [0.1, 0.15) is 35.5 Å². The zero-order chi connectivity index (χ0) is 23.1. The maximum absolute atomic E-state index is 11.1. The monoisotopic (exact) mass is 490 g/mol. The Morgan fingerprint density at radius 3 is 2.66 bits per heavy atom. The van der Waals surface area contributed by atoms with Crippen LogP contribution in [-0.2, 0) is 19.2 Å². The Morgan fingerprint density at radius 1 is 1.25 bits per heavy atom. The van der Waals surface area contributed by atoms with Gasteiger partial charge in [-0.2, -0.15) is 13.5 Å². The van der Waals surface area contributed by atoms with E-state index in [1.165, 1.54) is 22.8 Å². The van der Waals surface area contributed by atoms with Crippen LogP contribution in [-0.4, -0.2) is 79.8 Å². The Balaban J connectivity index is 1.61. The third-order valence-corrected chi connectivity index (χ3v) is 7.43. The van der Waals surface area contributed by atoms with Crippen molar-refractivity contribution in [2.75, 3.05) is 18.1 Å². The summed E-state index contributed by atoms with van der Waals surface area (Å²) in [5.41, 5.74) is 5.52. The van der Waals surface area contributed by atoms with Crippen molar-refractivity contribution >= 4 is 38.9 Å². The molecule has 0 unspecified atom stereocenters. The van der Waals surface area contributed by atoms with Crippen LogP contribution in [0.15, 0.2) is 11.4 Å². The van der Waals surface area contributed by atoms with Crippen molar-refractivity contribution in [3.63, 3.8) is 0 Å². The average molecular weight is 491 g/mol. The molecule has 2 fully saturated rings. The Kier molecular flexibility index (Phi) is 6.61. The summed E-state index contributed by atoms with van der Waals surface area (Å²) in [7, 11) is -4.25. The molecule has 4 atom stereocenters. The van der Waals surface area contributed by atoms with E-state index in [2.05, 4.69) is 19.2 Å². The lowest BCUT2D eigenvalue weighted by molar-refractivity contribution is -0.0532. The van der Waals surface area contributed by atoms with Crippen molar-refractivity contribution < 1.29 is 32.7 Å². The number of fused-ring (bicyclic) bond motifs is 1. The highest BCUT2D eigenvalue weighted by Gasteiger charge is 2.46. The molecule has 2 aromatic rings. The van der Waals surface area contributed by atoms with Crippen molar-refractivity contribution in [3.05, 3.63) is 6.33 Å². The molecule has 1 saturated heterocycles. The maximum atomic E-state index is 11.1. The Morgan fingerprint density at radius 2 is 1.97 bits per heavy atom. The molecule has 1 aliphatic heterocycles. The Labute approximate surface area is 188 Å². The van der Waals surface area contributed by atoms with Crippen LogP contribution in [0.2, 0.25) is 0 Å². The van der Waals surface area contributed by atoms with Gasteiger partial charge >= 0.3 is 10.3 Å². The number of hydrogen-bond acceptors (Lipinski definition) is 12. The fourth-order valence-corrected chi connectivity index (χ4v) is 5.53. The first-order valence-corrected chi connectivity index (χ1v) is 12.6. The molecule has 32 heavy (non-hydrogen) atoms. The van der Waals surface area contributed by atoms with Crippen molar-refractivity contribution in [1.82, 2.24) is 19.7 Å². The molecule has 0 bridgehead atoms. The number of nitrogen functional groups attached to an aromatic ring is 1. The van der Waals surface area contributed by atoms with E-state index in [1.54, 1.807) is 0 Å². The van der Waals surface area contributed by atoms with Gasteiger partial charge in [0.15, 0.2) is 11.9 Å². The van der Waals surface area contributed by atoms with Crippen LogP contribution >= 0.6 is 11.8 Å². The molecule has 4 rings (SSSR count). The zero-order valence-corrected chi connectivity index (χ0v) is 18.7. The summed E-state index contributed by atoms with van der Waals surface area (Å²) in [5, 5.41) is 41.9. The summed E-state index contributed by atoms with van der Waals surface area (Å²) < 4.78 is 33.5. The largest absolute Gasteiger partial charge is 0.389 e. The lowest BCUT2D eigenvalue weighted by Crippen LogP contribution is -2.35. The van der Waals surface area contributed by atoms with E-state index >= 15 is 0 Å². The van der Waals surface area contributed by atoms with Gasteiger partial charge in [0.2, 0.25) is 0 Å². The van der Waals surface area contributed by atoms with Gasteiger partial charge in [0.25, 0.3) is 0 Å². The maximum Gasteiger partial charge on any atom is 0.333 e. The number of hydrogen-bond donors (Lipinski definition) is 5. The number of aliphatic hydroxyl groups excluding tert-OH is 2. The van der Waals surface area contributed by atoms with Crippen LogP contribution in [0, 0.1) is 0 Å². The number of thioether (sulfide) groups is 1. The molecule has 1 aliphatic carbocycles. The van der Waals surface area contributed by atoms with Gasteiger partial charge in [0, 0.05) is 5.75 Å². The Hall–Kier alpha value is -1.59. The van der Waals surface area contributed by atoms with Crippen LogP contribution in [0.5, 0.6) is 0 Å². The van der Waals surface area contributed by atoms with Gasteiger partial charge in [-0.05, 0) is 12.8 Å². The van der Waals surface area contributed by atoms with E-state index in [1.807, 2.05) is 0 Å². The van der Waals surface area contributed by atoms with E-state index in [0.717, 1.165) is 19.3 Å². The van der Waals surface area contributed by atoms with E-state index in [9.17, 15) is 23.7 Å². The second-order valence-corrected chi connectivity index (χ2v) is 10.3. The molecule has 15 heteroatoms. The minimum absolute atomic E-state index is 0.168. The van der Waals surface area contributed by atoms with Gasteiger partial charge in [-0.25, -0.2) is 19.8 Å². The van der Waals surface area contributed by atoms with Crippen LogP contribution in [0.1, 0.15) is 38.3 Å². The number of aliphatic hydroxyl groups is 3. The minimum Gasteiger partial charge on any atom is -0.389 e. The standard InChI is InChI=1S/C17H26N6O7S2/c18-13-10-14(21-8-20-13)23(22-15(10)31-7-17(26)4-2-1-3-5-17)16-12(25)11(24)9(30-16)6-29-32(19,27)28/h8-9,11-12,16,24-26H,1-7H2,(H2,18,20,21)(H2,19,27,28)/t9-,11+,12-,16-/m1/s1. The minimum atomic E-state index is -4.25. The van der Waals surface area contributed by atoms with Crippen LogP contribution in [0.25, 0.3) is 11.0 Å². The van der Waals surface area contributed by atoms with E-state index in [-0.39, 0.29) is 11.5 Å². The molecule has 7 N–H and O–H groups in total. The third kappa shape index (κ3) is 4.84. The number of ether oxygens (including phenoxy) is 1. The second kappa shape index (κ2) is 8.98. The fourth-order valence-electron chi connectivity index (χ4n) is 4.03. The summed E-state index contributed by atoms with van der Waals surface area (Å²) in [5.74, 6) is 0.566.